The number of unbranched alkanes of at least 4 members (excludes halogenated alkanes) is 1. The monoisotopic (exact) mass is 489 g/mol. The number of nitrogens with two attached hydrogens (primary N) is 1. The minimum atomic E-state index is -1.14. The van der Waals surface area contributed by atoms with Gasteiger partial charge in [0.05, 0.1) is 6.04 Å². The Balaban J connectivity index is 2.17. The van der Waals surface area contributed by atoms with E-state index in [1.54, 1.807) is 13.8 Å². The first-order valence-corrected chi connectivity index (χ1v) is 12.3. The summed E-state index contributed by atoms with van der Waals surface area (Å²) in [6, 6.07) is 6.03. The number of carboxylic acid groups (broad SMARTS) is 1. The molecule has 0 radical (unpaired) electrons. The molecule has 7 N–H and O–H groups in total. The summed E-state index contributed by atoms with van der Waals surface area (Å²) < 4.78 is 0. The van der Waals surface area contributed by atoms with Gasteiger partial charge in [0.1, 0.15) is 18.1 Å². The fraction of sp³-hybridized carbons (Fsp3) is 0.600. The van der Waals surface area contributed by atoms with Gasteiger partial charge in [0.2, 0.25) is 17.7 Å². The number of hydrogen-bond acceptors (Lipinski definition) is 6. The van der Waals surface area contributed by atoms with Crippen molar-refractivity contribution in [1.29, 1.82) is 0 Å². The van der Waals surface area contributed by atoms with Crippen molar-refractivity contribution in [3.05, 3.63) is 35.9 Å². The molecule has 0 saturated carbocycles. The van der Waals surface area contributed by atoms with E-state index in [1.165, 1.54) is 0 Å². The van der Waals surface area contributed by atoms with Gasteiger partial charge in [-0.15, -0.1) is 0 Å². The maximum atomic E-state index is 13.3. The summed E-state index contributed by atoms with van der Waals surface area (Å²) in [4.78, 5) is 50.7. The molecular formula is C25H39N5O5. The second kappa shape index (κ2) is 14.4. The van der Waals surface area contributed by atoms with E-state index < -0.39 is 35.9 Å². The molecule has 0 spiro atoms. The third-order valence-corrected chi connectivity index (χ3v) is 6.10. The number of aliphatic carboxylic acids is 1. The van der Waals surface area contributed by atoms with Crippen LogP contribution in [0.5, 0.6) is 0 Å². The lowest BCUT2D eigenvalue weighted by Crippen LogP contribution is -2.58. The number of carbonyl (C=O) groups excluding carboxylic acids is 3. The minimum absolute atomic E-state index is 0.256. The third-order valence-electron chi connectivity index (χ3n) is 6.10. The van der Waals surface area contributed by atoms with Crippen LogP contribution in [0.15, 0.2) is 30.3 Å². The van der Waals surface area contributed by atoms with Crippen molar-refractivity contribution in [2.24, 2.45) is 11.7 Å². The van der Waals surface area contributed by atoms with E-state index in [0.717, 1.165) is 18.5 Å². The first kappa shape index (κ1) is 28.3. The molecule has 1 aromatic carbocycles. The zero-order chi connectivity index (χ0) is 25.8. The summed E-state index contributed by atoms with van der Waals surface area (Å²) in [6.45, 7) is 4.58. The lowest BCUT2D eigenvalue weighted by molar-refractivity contribution is -0.143. The number of rotatable bonds is 14. The van der Waals surface area contributed by atoms with Gasteiger partial charge >= 0.3 is 5.97 Å². The van der Waals surface area contributed by atoms with Crippen molar-refractivity contribution >= 4 is 23.7 Å². The van der Waals surface area contributed by atoms with Crippen LogP contribution in [0.2, 0.25) is 0 Å². The van der Waals surface area contributed by atoms with Crippen molar-refractivity contribution in [3.8, 4) is 0 Å². The Hall–Kier alpha value is -2.98. The van der Waals surface area contributed by atoms with Gasteiger partial charge < -0.3 is 32.1 Å². The molecule has 35 heavy (non-hydrogen) atoms. The zero-order valence-electron chi connectivity index (χ0n) is 20.6. The molecule has 3 amide bonds. The lowest BCUT2D eigenvalue weighted by atomic mass is 10.0. The van der Waals surface area contributed by atoms with Crippen molar-refractivity contribution in [3.63, 3.8) is 0 Å². The summed E-state index contributed by atoms with van der Waals surface area (Å²) >= 11 is 0. The van der Waals surface area contributed by atoms with E-state index in [1.807, 2.05) is 30.3 Å². The molecule has 1 heterocycles. The summed E-state index contributed by atoms with van der Waals surface area (Å²) in [5.74, 6) is -2.80. The van der Waals surface area contributed by atoms with E-state index in [-0.39, 0.29) is 24.3 Å². The first-order valence-electron chi connectivity index (χ1n) is 12.3. The van der Waals surface area contributed by atoms with E-state index in [0.29, 0.717) is 32.2 Å². The molecule has 1 aromatic rings. The van der Waals surface area contributed by atoms with Crippen molar-refractivity contribution < 1.29 is 24.3 Å². The van der Waals surface area contributed by atoms with Gasteiger partial charge in [-0.05, 0) is 56.7 Å². The van der Waals surface area contributed by atoms with Crippen molar-refractivity contribution in [1.82, 2.24) is 21.3 Å². The zero-order valence-corrected chi connectivity index (χ0v) is 20.6. The second-order valence-electron chi connectivity index (χ2n) is 9.31. The highest BCUT2D eigenvalue weighted by Crippen LogP contribution is 2.10. The normalized spacial score (nSPS) is 17.9. The minimum Gasteiger partial charge on any atom is -0.480 e. The highest BCUT2D eigenvalue weighted by Gasteiger charge is 2.32. The summed E-state index contributed by atoms with van der Waals surface area (Å²) in [7, 11) is 0. The quantitative estimate of drug-likeness (QED) is 0.205. The summed E-state index contributed by atoms with van der Waals surface area (Å²) in [5.41, 5.74) is 6.45. The fourth-order valence-electron chi connectivity index (χ4n) is 4.04. The number of hydrogen-bond donors (Lipinski definition) is 6. The molecule has 1 fully saturated rings. The van der Waals surface area contributed by atoms with Crippen LogP contribution in [-0.2, 0) is 25.6 Å². The van der Waals surface area contributed by atoms with Crippen LogP contribution in [-0.4, -0.2) is 66.1 Å². The summed E-state index contributed by atoms with van der Waals surface area (Å²) in [5, 5.41) is 20.7. The van der Waals surface area contributed by atoms with Crippen LogP contribution in [0.25, 0.3) is 0 Å². The van der Waals surface area contributed by atoms with Crippen molar-refractivity contribution in [2.45, 2.75) is 76.5 Å². The van der Waals surface area contributed by atoms with Crippen LogP contribution in [0, 0.1) is 5.92 Å². The molecule has 0 aromatic heterocycles. The SMILES string of the molecule is CC(C)C(NC(=O)C(CCCCN)NC(=O)C(Cc1ccccc1)NC(=O)C1CCCN1)C(=O)O. The van der Waals surface area contributed by atoms with Gasteiger partial charge in [-0.25, -0.2) is 4.79 Å². The first-order chi connectivity index (χ1) is 16.7. The molecular weight excluding hydrogens is 450 g/mol. The van der Waals surface area contributed by atoms with Crippen LogP contribution in [0.3, 0.4) is 0 Å². The molecule has 4 unspecified atom stereocenters. The van der Waals surface area contributed by atoms with E-state index in [9.17, 15) is 24.3 Å². The van der Waals surface area contributed by atoms with Gasteiger partial charge in [-0.1, -0.05) is 44.2 Å². The number of benzene rings is 1. The van der Waals surface area contributed by atoms with E-state index in [4.69, 9.17) is 5.73 Å². The Morgan fingerprint density at radius 1 is 1.03 bits per heavy atom. The van der Waals surface area contributed by atoms with Gasteiger partial charge in [0, 0.05) is 6.42 Å². The third kappa shape index (κ3) is 9.29. The van der Waals surface area contributed by atoms with E-state index >= 15 is 0 Å². The molecule has 0 aliphatic carbocycles. The molecule has 1 aliphatic heterocycles. The average molecular weight is 490 g/mol. The molecule has 10 nitrogen and oxygen atoms in total. The Kier molecular flexibility index (Phi) is 11.6. The maximum absolute atomic E-state index is 13.3. The van der Waals surface area contributed by atoms with Gasteiger partial charge in [0.25, 0.3) is 0 Å². The van der Waals surface area contributed by atoms with Crippen molar-refractivity contribution in [2.75, 3.05) is 13.1 Å². The Morgan fingerprint density at radius 3 is 2.29 bits per heavy atom. The fourth-order valence-corrected chi connectivity index (χ4v) is 4.04. The Morgan fingerprint density at radius 2 is 1.71 bits per heavy atom. The molecule has 0 bridgehead atoms. The summed E-state index contributed by atoms with van der Waals surface area (Å²) in [6.07, 6.45) is 3.38. The van der Waals surface area contributed by atoms with Gasteiger partial charge in [-0.3, -0.25) is 14.4 Å². The average Bonchev–Trinajstić information content (AvgIpc) is 3.37. The standard InChI is InChI=1S/C25H39N5O5/c1-16(2)21(25(34)35)30-23(32)19(11-6-7-13-26)28-24(33)20(15-17-9-4-3-5-10-17)29-22(31)18-12-8-14-27-18/h3-5,9-10,16,18-21,27H,6-8,11-15,26H2,1-2H3,(H,28,33)(H,29,31)(H,30,32)(H,34,35). The molecule has 4 atom stereocenters. The Labute approximate surface area is 206 Å². The topological polar surface area (TPSA) is 163 Å². The largest absolute Gasteiger partial charge is 0.480 e. The molecule has 2 rings (SSSR count). The molecule has 194 valence electrons. The predicted octanol–water partition coefficient (Wildman–Crippen LogP) is 0.305. The number of nitrogens with one attached hydrogen (secondary N) is 4. The van der Waals surface area contributed by atoms with Crippen LogP contribution in [0.1, 0.15) is 51.5 Å². The van der Waals surface area contributed by atoms with Crippen LogP contribution >= 0.6 is 0 Å². The van der Waals surface area contributed by atoms with Gasteiger partial charge in [0.15, 0.2) is 0 Å². The lowest BCUT2D eigenvalue weighted by Gasteiger charge is -2.26. The smallest absolute Gasteiger partial charge is 0.326 e. The second-order valence-corrected chi connectivity index (χ2v) is 9.31. The number of carboxylic acids is 1. The number of carbonyl (C=O) groups is 4. The van der Waals surface area contributed by atoms with Crippen LogP contribution in [0.4, 0.5) is 0 Å². The number of amides is 3. The van der Waals surface area contributed by atoms with Gasteiger partial charge in [-0.2, -0.15) is 0 Å². The highest BCUT2D eigenvalue weighted by atomic mass is 16.4. The predicted molar refractivity (Wildman–Crippen MR) is 132 cm³/mol. The maximum Gasteiger partial charge on any atom is 0.326 e. The highest BCUT2D eigenvalue weighted by molar-refractivity contribution is 5.94. The molecule has 1 aliphatic rings. The van der Waals surface area contributed by atoms with Crippen LogP contribution < -0.4 is 27.0 Å². The Bertz CT molecular complexity index is 842. The molecule has 10 heteroatoms. The molecule has 1 saturated heterocycles. The van der Waals surface area contributed by atoms with E-state index in [2.05, 4.69) is 21.3 Å².